The minimum Gasteiger partial charge on any atom is -0.494 e. The number of anilines is 2. The van der Waals surface area contributed by atoms with E-state index in [1.165, 1.54) is 0 Å². The van der Waals surface area contributed by atoms with Crippen LogP contribution in [0.3, 0.4) is 0 Å². The molecule has 0 aromatic heterocycles. The molecule has 1 aromatic carbocycles. The van der Waals surface area contributed by atoms with Crippen molar-refractivity contribution in [2.24, 2.45) is 0 Å². The van der Waals surface area contributed by atoms with Gasteiger partial charge in [0.25, 0.3) is 0 Å². The van der Waals surface area contributed by atoms with Crippen LogP contribution in [-0.2, 0) is 4.79 Å². The first-order chi connectivity index (χ1) is 7.11. The highest BCUT2D eigenvalue weighted by atomic mass is 16.5. The Morgan fingerprint density at radius 1 is 1.53 bits per heavy atom. The molecule has 0 unspecified atom stereocenters. The first kappa shape index (κ1) is 11.2. The van der Waals surface area contributed by atoms with Gasteiger partial charge >= 0.3 is 5.97 Å². The summed E-state index contributed by atoms with van der Waals surface area (Å²) in [6.07, 6.45) is 0. The molecule has 0 bridgehead atoms. The van der Waals surface area contributed by atoms with Gasteiger partial charge in [-0.25, -0.2) is 0 Å². The maximum atomic E-state index is 10.3. The fourth-order valence-corrected chi connectivity index (χ4v) is 1.15. The number of hydrogen-bond donors (Lipinski definition) is 3. The molecule has 0 radical (unpaired) electrons. The van der Waals surface area contributed by atoms with Crippen LogP contribution in [0.2, 0.25) is 0 Å². The Morgan fingerprint density at radius 2 is 2.27 bits per heavy atom. The summed E-state index contributed by atoms with van der Waals surface area (Å²) in [5, 5.41) is 11.2. The molecule has 0 fully saturated rings. The molecule has 82 valence electrons. The number of carboxylic acid groups (broad SMARTS) is 1. The normalized spacial score (nSPS) is 9.67. The maximum absolute atomic E-state index is 10.3. The summed E-state index contributed by atoms with van der Waals surface area (Å²) < 4.78 is 5.27. The van der Waals surface area contributed by atoms with Crippen molar-refractivity contribution >= 4 is 17.3 Å². The topological polar surface area (TPSA) is 84.6 Å². The molecule has 0 spiro atoms. The van der Waals surface area contributed by atoms with Crippen LogP contribution in [0.4, 0.5) is 11.4 Å². The molecule has 15 heavy (non-hydrogen) atoms. The second-order valence-corrected chi connectivity index (χ2v) is 2.97. The van der Waals surface area contributed by atoms with E-state index in [-0.39, 0.29) is 6.54 Å². The lowest BCUT2D eigenvalue weighted by molar-refractivity contribution is -0.134. The average Bonchev–Trinajstić information content (AvgIpc) is 2.14. The molecule has 0 amide bonds. The fraction of sp³-hybridized carbons (Fsp3) is 0.300. The van der Waals surface area contributed by atoms with E-state index in [4.69, 9.17) is 15.6 Å². The molecule has 0 saturated carbocycles. The maximum Gasteiger partial charge on any atom is 0.322 e. The molecule has 0 atom stereocenters. The van der Waals surface area contributed by atoms with Crippen LogP contribution in [0, 0.1) is 0 Å². The zero-order chi connectivity index (χ0) is 11.3. The van der Waals surface area contributed by atoms with Gasteiger partial charge < -0.3 is 20.9 Å². The number of carboxylic acids is 1. The van der Waals surface area contributed by atoms with Gasteiger partial charge in [-0.05, 0) is 13.0 Å². The molecule has 1 rings (SSSR count). The third kappa shape index (κ3) is 3.76. The van der Waals surface area contributed by atoms with Crippen LogP contribution >= 0.6 is 0 Å². The van der Waals surface area contributed by atoms with E-state index in [2.05, 4.69) is 5.32 Å². The number of aliphatic carboxylic acids is 1. The smallest absolute Gasteiger partial charge is 0.322 e. The average molecular weight is 210 g/mol. The van der Waals surface area contributed by atoms with Crippen LogP contribution in [0.25, 0.3) is 0 Å². The lowest BCUT2D eigenvalue weighted by Gasteiger charge is -2.08. The number of hydrogen-bond acceptors (Lipinski definition) is 4. The Hall–Kier alpha value is -1.91. The van der Waals surface area contributed by atoms with E-state index >= 15 is 0 Å². The number of benzene rings is 1. The Labute approximate surface area is 87.9 Å². The van der Waals surface area contributed by atoms with Crippen LogP contribution < -0.4 is 15.8 Å². The van der Waals surface area contributed by atoms with Gasteiger partial charge in [0.2, 0.25) is 0 Å². The van der Waals surface area contributed by atoms with Crippen LogP contribution in [0.5, 0.6) is 5.75 Å². The Morgan fingerprint density at radius 3 is 2.87 bits per heavy atom. The molecule has 0 aliphatic heterocycles. The molecule has 1 aromatic rings. The van der Waals surface area contributed by atoms with Gasteiger partial charge in [0, 0.05) is 23.5 Å². The van der Waals surface area contributed by atoms with Gasteiger partial charge in [-0.1, -0.05) is 0 Å². The van der Waals surface area contributed by atoms with Gasteiger partial charge in [0.05, 0.1) is 6.61 Å². The number of nitrogens with one attached hydrogen (secondary N) is 1. The summed E-state index contributed by atoms with van der Waals surface area (Å²) in [5.74, 6) is -0.291. The largest absolute Gasteiger partial charge is 0.494 e. The summed E-state index contributed by atoms with van der Waals surface area (Å²) in [5.41, 5.74) is 6.80. The molecule has 4 N–H and O–H groups in total. The van der Waals surface area contributed by atoms with Crippen molar-refractivity contribution in [1.29, 1.82) is 0 Å². The molecule has 0 aliphatic carbocycles. The summed E-state index contributed by atoms with van der Waals surface area (Å²) in [6.45, 7) is 2.27. The first-order valence-corrected chi connectivity index (χ1v) is 4.61. The summed E-state index contributed by atoms with van der Waals surface area (Å²) in [6, 6.07) is 5.06. The molecule has 0 saturated heterocycles. The van der Waals surface area contributed by atoms with Gasteiger partial charge in [0.1, 0.15) is 12.3 Å². The number of nitrogen functional groups attached to an aromatic ring is 1. The predicted octanol–water partition coefficient (Wildman–Crippen LogP) is 1.16. The standard InChI is InChI=1S/C10H14N2O3/c1-2-15-9-4-7(11)3-8(5-9)12-6-10(13)14/h3-5,12H,2,6,11H2,1H3,(H,13,14). The van der Waals surface area contributed by atoms with E-state index in [1.807, 2.05) is 6.92 Å². The predicted molar refractivity (Wildman–Crippen MR) is 58.1 cm³/mol. The van der Waals surface area contributed by atoms with Crippen LogP contribution in [-0.4, -0.2) is 24.2 Å². The number of ether oxygens (including phenoxy) is 1. The van der Waals surface area contributed by atoms with E-state index in [9.17, 15) is 4.79 Å². The van der Waals surface area contributed by atoms with E-state index in [0.29, 0.717) is 23.7 Å². The minimum absolute atomic E-state index is 0.144. The van der Waals surface area contributed by atoms with Crippen molar-refractivity contribution < 1.29 is 14.6 Å². The molecule has 5 nitrogen and oxygen atoms in total. The van der Waals surface area contributed by atoms with Crippen LogP contribution in [0.15, 0.2) is 18.2 Å². The van der Waals surface area contributed by atoms with E-state index in [0.717, 1.165) is 0 Å². The summed E-state index contributed by atoms with van der Waals surface area (Å²) >= 11 is 0. The zero-order valence-corrected chi connectivity index (χ0v) is 8.49. The Kier molecular flexibility index (Phi) is 3.79. The highest BCUT2D eigenvalue weighted by Crippen LogP contribution is 2.22. The summed E-state index contributed by atoms with van der Waals surface area (Å²) in [4.78, 5) is 10.3. The third-order valence-electron chi connectivity index (χ3n) is 1.68. The lowest BCUT2D eigenvalue weighted by Crippen LogP contribution is -2.12. The Balaban J connectivity index is 2.74. The van der Waals surface area contributed by atoms with Gasteiger partial charge in [0.15, 0.2) is 0 Å². The second kappa shape index (κ2) is 5.09. The molecule has 0 aliphatic rings. The highest BCUT2D eigenvalue weighted by molar-refractivity contribution is 5.73. The van der Waals surface area contributed by atoms with Crippen molar-refractivity contribution in [3.05, 3.63) is 18.2 Å². The van der Waals surface area contributed by atoms with Gasteiger partial charge in [-0.3, -0.25) is 4.79 Å². The zero-order valence-electron chi connectivity index (χ0n) is 8.49. The first-order valence-electron chi connectivity index (χ1n) is 4.61. The van der Waals surface area contributed by atoms with Crippen molar-refractivity contribution in [3.63, 3.8) is 0 Å². The summed E-state index contributed by atoms with van der Waals surface area (Å²) in [7, 11) is 0. The van der Waals surface area contributed by atoms with E-state index in [1.54, 1.807) is 18.2 Å². The molecular formula is C10H14N2O3. The van der Waals surface area contributed by atoms with E-state index < -0.39 is 5.97 Å². The molecule has 5 heteroatoms. The Bertz CT molecular complexity index is 353. The second-order valence-electron chi connectivity index (χ2n) is 2.97. The quantitative estimate of drug-likeness (QED) is 0.635. The number of carbonyl (C=O) groups is 1. The fourth-order valence-electron chi connectivity index (χ4n) is 1.15. The number of nitrogens with two attached hydrogens (primary N) is 1. The SMILES string of the molecule is CCOc1cc(N)cc(NCC(=O)O)c1. The van der Waals surface area contributed by atoms with Crippen LogP contribution in [0.1, 0.15) is 6.92 Å². The van der Waals surface area contributed by atoms with Gasteiger partial charge in [-0.15, -0.1) is 0 Å². The third-order valence-corrected chi connectivity index (χ3v) is 1.68. The van der Waals surface area contributed by atoms with Crippen molar-refractivity contribution in [3.8, 4) is 5.75 Å². The van der Waals surface area contributed by atoms with Gasteiger partial charge in [-0.2, -0.15) is 0 Å². The van der Waals surface area contributed by atoms with Crippen molar-refractivity contribution in [2.75, 3.05) is 24.2 Å². The lowest BCUT2D eigenvalue weighted by atomic mass is 10.2. The monoisotopic (exact) mass is 210 g/mol. The molecule has 0 heterocycles. The van der Waals surface area contributed by atoms with Crippen molar-refractivity contribution in [2.45, 2.75) is 6.92 Å². The molecular weight excluding hydrogens is 196 g/mol. The minimum atomic E-state index is -0.921. The van der Waals surface area contributed by atoms with Crippen molar-refractivity contribution in [1.82, 2.24) is 0 Å². The highest BCUT2D eigenvalue weighted by Gasteiger charge is 2.01. The number of rotatable bonds is 5.